The van der Waals surface area contributed by atoms with Crippen molar-refractivity contribution in [1.82, 2.24) is 4.90 Å². The monoisotopic (exact) mass is 241 g/mol. The standard InChI is InChI=1S/C11H15NO3S/c1-6-3-10(16-7(6)2)11(15)12-4-8(13)9(14)5-12/h3,8-9,13-14H,4-5H2,1-2H3/t8-,9+. The number of β-amino-alcohol motifs (C(OH)–C–C–N with tert-alkyl or cyclic N) is 2. The van der Waals surface area contributed by atoms with Crippen LogP contribution in [-0.4, -0.2) is 46.3 Å². The number of rotatable bonds is 1. The summed E-state index contributed by atoms with van der Waals surface area (Å²) in [4.78, 5) is 15.3. The van der Waals surface area contributed by atoms with Crippen molar-refractivity contribution in [2.45, 2.75) is 26.1 Å². The van der Waals surface area contributed by atoms with Gasteiger partial charge in [-0.3, -0.25) is 4.79 Å². The smallest absolute Gasteiger partial charge is 0.264 e. The third-order valence-electron chi connectivity index (χ3n) is 2.92. The lowest BCUT2D eigenvalue weighted by Gasteiger charge is -2.13. The Balaban J connectivity index is 2.14. The first-order valence-electron chi connectivity index (χ1n) is 5.21. The fraction of sp³-hybridized carbons (Fsp3) is 0.545. The highest BCUT2D eigenvalue weighted by Crippen LogP contribution is 2.23. The van der Waals surface area contributed by atoms with Gasteiger partial charge in [-0.05, 0) is 25.5 Å². The molecule has 0 spiro atoms. The number of carbonyl (C=O) groups is 1. The number of hydrogen-bond donors (Lipinski definition) is 2. The molecule has 0 radical (unpaired) electrons. The van der Waals surface area contributed by atoms with E-state index < -0.39 is 12.2 Å². The average Bonchev–Trinajstić information content (AvgIpc) is 2.72. The third kappa shape index (κ3) is 1.98. The van der Waals surface area contributed by atoms with Crippen molar-refractivity contribution < 1.29 is 15.0 Å². The number of aliphatic hydroxyl groups excluding tert-OH is 2. The van der Waals surface area contributed by atoms with Crippen molar-refractivity contribution in [2.24, 2.45) is 0 Å². The molecule has 0 saturated carbocycles. The van der Waals surface area contributed by atoms with E-state index in [1.54, 1.807) is 0 Å². The zero-order valence-corrected chi connectivity index (χ0v) is 10.1. The number of thiophene rings is 1. The molecule has 1 aromatic rings. The SMILES string of the molecule is Cc1cc(C(=O)N2C[C@@H](O)[C@@H](O)C2)sc1C. The van der Waals surface area contributed by atoms with Gasteiger partial charge < -0.3 is 15.1 Å². The van der Waals surface area contributed by atoms with Crippen LogP contribution < -0.4 is 0 Å². The molecule has 1 aromatic heterocycles. The Labute approximate surface area is 98.1 Å². The lowest BCUT2D eigenvalue weighted by Crippen LogP contribution is -2.29. The summed E-state index contributed by atoms with van der Waals surface area (Å²) >= 11 is 1.46. The van der Waals surface area contributed by atoms with Crippen molar-refractivity contribution in [1.29, 1.82) is 0 Å². The highest BCUT2D eigenvalue weighted by atomic mass is 32.1. The van der Waals surface area contributed by atoms with Gasteiger partial charge in [0.1, 0.15) is 0 Å². The van der Waals surface area contributed by atoms with Crippen LogP contribution in [-0.2, 0) is 0 Å². The molecule has 0 aliphatic carbocycles. The molecule has 1 aliphatic heterocycles. The van der Waals surface area contributed by atoms with Crippen molar-refractivity contribution in [3.05, 3.63) is 21.4 Å². The fourth-order valence-electron chi connectivity index (χ4n) is 1.77. The minimum absolute atomic E-state index is 0.100. The van der Waals surface area contributed by atoms with Gasteiger partial charge in [0.15, 0.2) is 0 Å². The maximum atomic E-state index is 12.0. The number of amides is 1. The molecule has 2 heterocycles. The first-order valence-corrected chi connectivity index (χ1v) is 6.03. The van der Waals surface area contributed by atoms with Gasteiger partial charge in [-0.15, -0.1) is 11.3 Å². The van der Waals surface area contributed by atoms with Crippen LogP contribution in [0.1, 0.15) is 20.1 Å². The molecule has 2 rings (SSSR count). The molecule has 0 unspecified atom stereocenters. The summed E-state index contributed by atoms with van der Waals surface area (Å²) in [6, 6.07) is 1.86. The van der Waals surface area contributed by atoms with E-state index in [1.807, 2.05) is 19.9 Å². The lowest BCUT2D eigenvalue weighted by atomic mass is 10.3. The van der Waals surface area contributed by atoms with Crippen LogP contribution in [0.4, 0.5) is 0 Å². The van der Waals surface area contributed by atoms with Gasteiger partial charge >= 0.3 is 0 Å². The summed E-state index contributed by atoms with van der Waals surface area (Å²) in [5, 5.41) is 18.8. The zero-order chi connectivity index (χ0) is 11.9. The van der Waals surface area contributed by atoms with Gasteiger partial charge in [-0.25, -0.2) is 0 Å². The highest BCUT2D eigenvalue weighted by molar-refractivity contribution is 7.14. The van der Waals surface area contributed by atoms with Gasteiger partial charge in [0.25, 0.3) is 5.91 Å². The minimum atomic E-state index is -0.814. The molecule has 2 atom stereocenters. The van der Waals surface area contributed by atoms with E-state index in [9.17, 15) is 15.0 Å². The van der Waals surface area contributed by atoms with Crippen LogP contribution in [0.15, 0.2) is 6.07 Å². The number of likely N-dealkylation sites (tertiary alicyclic amines) is 1. The Kier molecular flexibility index (Phi) is 3.01. The first kappa shape index (κ1) is 11.6. The molecule has 16 heavy (non-hydrogen) atoms. The van der Waals surface area contributed by atoms with Gasteiger partial charge in [0.2, 0.25) is 0 Å². The number of nitrogens with zero attached hydrogens (tertiary/aromatic N) is 1. The van der Waals surface area contributed by atoms with E-state index in [4.69, 9.17) is 0 Å². The van der Waals surface area contributed by atoms with E-state index >= 15 is 0 Å². The second kappa shape index (κ2) is 4.16. The molecule has 4 nitrogen and oxygen atoms in total. The normalized spacial score (nSPS) is 25.1. The Morgan fingerprint density at radius 2 is 1.94 bits per heavy atom. The van der Waals surface area contributed by atoms with E-state index in [0.717, 1.165) is 10.4 Å². The molecule has 5 heteroatoms. The summed E-state index contributed by atoms with van der Waals surface area (Å²) in [5.41, 5.74) is 1.11. The second-order valence-corrected chi connectivity index (χ2v) is 5.45. The van der Waals surface area contributed by atoms with Gasteiger partial charge in [-0.1, -0.05) is 0 Å². The van der Waals surface area contributed by atoms with Crippen LogP contribution in [0.2, 0.25) is 0 Å². The molecule has 2 N–H and O–H groups in total. The van der Waals surface area contributed by atoms with Crippen LogP contribution in [0.25, 0.3) is 0 Å². The Hall–Kier alpha value is -0.910. The van der Waals surface area contributed by atoms with Gasteiger partial charge in [-0.2, -0.15) is 0 Å². The van der Waals surface area contributed by atoms with Crippen LogP contribution >= 0.6 is 11.3 Å². The molecular formula is C11H15NO3S. The van der Waals surface area contributed by atoms with Crippen molar-refractivity contribution >= 4 is 17.2 Å². The van der Waals surface area contributed by atoms with Crippen LogP contribution in [0, 0.1) is 13.8 Å². The molecule has 0 aromatic carbocycles. The average molecular weight is 241 g/mol. The first-order chi connectivity index (χ1) is 7.49. The molecule has 1 saturated heterocycles. The minimum Gasteiger partial charge on any atom is -0.388 e. The zero-order valence-electron chi connectivity index (χ0n) is 9.30. The number of hydrogen-bond acceptors (Lipinski definition) is 4. The second-order valence-electron chi connectivity index (χ2n) is 4.19. The summed E-state index contributed by atoms with van der Waals surface area (Å²) in [5.74, 6) is -0.100. The van der Waals surface area contributed by atoms with Crippen molar-refractivity contribution in [3.8, 4) is 0 Å². The Bertz CT molecular complexity index is 386. The lowest BCUT2D eigenvalue weighted by molar-refractivity contribution is 0.0572. The van der Waals surface area contributed by atoms with E-state index in [-0.39, 0.29) is 19.0 Å². The maximum absolute atomic E-state index is 12.0. The summed E-state index contributed by atoms with van der Waals surface area (Å²) in [6.07, 6.45) is -1.63. The summed E-state index contributed by atoms with van der Waals surface area (Å²) < 4.78 is 0. The summed E-state index contributed by atoms with van der Waals surface area (Å²) in [6.45, 7) is 4.38. The van der Waals surface area contributed by atoms with E-state index in [2.05, 4.69) is 0 Å². The molecule has 1 fully saturated rings. The molecule has 1 aliphatic rings. The molecule has 1 amide bonds. The van der Waals surface area contributed by atoms with Crippen LogP contribution in [0.3, 0.4) is 0 Å². The predicted octanol–water partition coefficient (Wildman–Crippen LogP) is 0.543. The number of carbonyl (C=O) groups excluding carboxylic acids is 1. The van der Waals surface area contributed by atoms with E-state index in [0.29, 0.717) is 4.88 Å². The fourth-order valence-corrected chi connectivity index (χ4v) is 2.77. The Morgan fingerprint density at radius 3 is 2.38 bits per heavy atom. The van der Waals surface area contributed by atoms with Gasteiger partial charge in [0, 0.05) is 18.0 Å². The topological polar surface area (TPSA) is 60.8 Å². The highest BCUT2D eigenvalue weighted by Gasteiger charge is 2.33. The predicted molar refractivity (Wildman–Crippen MR) is 61.7 cm³/mol. The number of aliphatic hydroxyl groups is 2. The summed E-state index contributed by atoms with van der Waals surface area (Å²) in [7, 11) is 0. The molecule has 88 valence electrons. The van der Waals surface area contributed by atoms with Gasteiger partial charge in [0.05, 0.1) is 17.1 Å². The van der Waals surface area contributed by atoms with Crippen LogP contribution in [0.5, 0.6) is 0 Å². The quantitative estimate of drug-likeness (QED) is 0.754. The van der Waals surface area contributed by atoms with E-state index in [1.165, 1.54) is 16.2 Å². The number of aryl methyl sites for hydroxylation is 2. The maximum Gasteiger partial charge on any atom is 0.264 e. The van der Waals surface area contributed by atoms with Crippen molar-refractivity contribution in [2.75, 3.05) is 13.1 Å². The third-order valence-corrected chi connectivity index (χ3v) is 4.06. The molecule has 0 bridgehead atoms. The van der Waals surface area contributed by atoms with Crippen molar-refractivity contribution in [3.63, 3.8) is 0 Å². The molecular weight excluding hydrogens is 226 g/mol. The Morgan fingerprint density at radius 1 is 1.38 bits per heavy atom. The largest absolute Gasteiger partial charge is 0.388 e.